The maximum atomic E-state index is 12.6. The predicted molar refractivity (Wildman–Crippen MR) is 36.3 cm³/mol. The number of hydrogen-bond acceptors (Lipinski definition) is 1. The molecule has 0 spiro atoms. The van der Waals surface area contributed by atoms with Gasteiger partial charge in [0.15, 0.2) is 5.82 Å². The van der Waals surface area contributed by atoms with Crippen molar-refractivity contribution in [1.82, 2.24) is 4.98 Å². The third-order valence-electron chi connectivity index (χ3n) is 1.08. The first-order valence-corrected chi connectivity index (χ1v) is 2.96. The number of pyridine rings is 1. The molecule has 3 heteroatoms. The van der Waals surface area contributed by atoms with E-state index in [0.29, 0.717) is 5.69 Å². The molecule has 0 bridgehead atoms. The number of aromatic amines is 1. The van der Waals surface area contributed by atoms with E-state index in [1.807, 2.05) is 0 Å². The Morgan fingerprint density at radius 1 is 1.67 bits per heavy atom. The number of aromatic nitrogens is 1. The fourth-order valence-electron chi connectivity index (χ4n) is 0.564. The van der Waals surface area contributed by atoms with Crippen LogP contribution >= 0.6 is 12.2 Å². The lowest BCUT2D eigenvalue weighted by molar-refractivity contribution is 0.606. The van der Waals surface area contributed by atoms with Gasteiger partial charge in [0.2, 0.25) is 0 Å². The highest BCUT2D eigenvalue weighted by atomic mass is 32.1. The molecule has 0 saturated heterocycles. The van der Waals surface area contributed by atoms with Crippen molar-refractivity contribution in [2.45, 2.75) is 6.92 Å². The number of H-pyrrole nitrogens is 1. The quantitative estimate of drug-likeness (QED) is 0.550. The zero-order valence-electron chi connectivity index (χ0n) is 4.94. The average Bonchev–Trinajstić information content (AvgIpc) is 1.83. The van der Waals surface area contributed by atoms with Crippen LogP contribution in [0, 0.1) is 17.3 Å². The molecule has 9 heavy (non-hydrogen) atoms. The van der Waals surface area contributed by atoms with Crippen molar-refractivity contribution in [2.75, 3.05) is 0 Å². The van der Waals surface area contributed by atoms with Crippen LogP contribution in [0.2, 0.25) is 0 Å². The van der Waals surface area contributed by atoms with Gasteiger partial charge in [-0.15, -0.1) is 0 Å². The van der Waals surface area contributed by atoms with E-state index < -0.39 is 0 Å². The van der Waals surface area contributed by atoms with Gasteiger partial charge in [0.05, 0.1) is 4.51 Å². The summed E-state index contributed by atoms with van der Waals surface area (Å²) in [4.78, 5) is 2.70. The van der Waals surface area contributed by atoms with Crippen molar-refractivity contribution in [3.05, 3.63) is 28.3 Å². The first-order chi connectivity index (χ1) is 4.22. The van der Waals surface area contributed by atoms with Gasteiger partial charge >= 0.3 is 0 Å². The first kappa shape index (κ1) is 6.42. The summed E-state index contributed by atoms with van der Waals surface area (Å²) in [5.74, 6) is -0.326. The molecule has 1 aromatic rings. The van der Waals surface area contributed by atoms with Gasteiger partial charge < -0.3 is 4.98 Å². The lowest BCUT2D eigenvalue weighted by atomic mass is 10.4. The van der Waals surface area contributed by atoms with E-state index in [4.69, 9.17) is 0 Å². The van der Waals surface area contributed by atoms with E-state index in [0.717, 1.165) is 0 Å². The highest BCUT2D eigenvalue weighted by molar-refractivity contribution is 7.71. The lowest BCUT2D eigenvalue weighted by Crippen LogP contribution is -1.85. The lowest BCUT2D eigenvalue weighted by Gasteiger charge is -1.92. The summed E-state index contributed by atoms with van der Waals surface area (Å²) < 4.78 is 12.9. The van der Waals surface area contributed by atoms with Crippen LogP contribution in [0.3, 0.4) is 0 Å². The molecule has 1 aromatic heterocycles. The standard InChI is InChI=1S/C6H6FNS/c1-4-6(7)5(9)2-3-8-4/h2-3H,1H3,(H,8,9). The molecule has 0 aliphatic heterocycles. The third kappa shape index (κ3) is 1.16. The summed E-state index contributed by atoms with van der Waals surface area (Å²) in [6.07, 6.45) is 1.63. The molecule has 0 aromatic carbocycles. The van der Waals surface area contributed by atoms with Gasteiger partial charge in [0, 0.05) is 11.9 Å². The van der Waals surface area contributed by atoms with Crippen LogP contribution in [0.1, 0.15) is 5.69 Å². The summed E-state index contributed by atoms with van der Waals surface area (Å²) in [7, 11) is 0. The molecule has 48 valence electrons. The summed E-state index contributed by atoms with van der Waals surface area (Å²) in [6, 6.07) is 1.53. The minimum Gasteiger partial charge on any atom is -0.363 e. The van der Waals surface area contributed by atoms with Gasteiger partial charge in [0.25, 0.3) is 0 Å². The van der Waals surface area contributed by atoms with Crippen LogP contribution in [0.5, 0.6) is 0 Å². The van der Waals surface area contributed by atoms with Crippen LogP contribution in [-0.4, -0.2) is 4.98 Å². The Morgan fingerprint density at radius 2 is 2.33 bits per heavy atom. The molecule has 0 unspecified atom stereocenters. The molecular formula is C6H6FNS. The zero-order valence-corrected chi connectivity index (χ0v) is 5.76. The molecule has 0 atom stereocenters. The van der Waals surface area contributed by atoms with Crippen molar-refractivity contribution in [2.24, 2.45) is 0 Å². The Hall–Kier alpha value is -0.700. The molecular weight excluding hydrogens is 137 g/mol. The predicted octanol–water partition coefficient (Wildman–Crippen LogP) is 2.19. The van der Waals surface area contributed by atoms with E-state index in [1.165, 1.54) is 6.07 Å². The van der Waals surface area contributed by atoms with Gasteiger partial charge in [-0.25, -0.2) is 4.39 Å². The third-order valence-corrected chi connectivity index (χ3v) is 1.40. The Labute approximate surface area is 57.5 Å². The average molecular weight is 143 g/mol. The van der Waals surface area contributed by atoms with Crippen LogP contribution in [0.4, 0.5) is 4.39 Å². The highest BCUT2D eigenvalue weighted by Crippen LogP contribution is 2.02. The van der Waals surface area contributed by atoms with E-state index in [9.17, 15) is 4.39 Å². The van der Waals surface area contributed by atoms with Crippen LogP contribution in [0.15, 0.2) is 12.3 Å². The molecule has 0 aliphatic carbocycles. The maximum Gasteiger partial charge on any atom is 0.160 e. The molecule has 1 rings (SSSR count). The summed E-state index contributed by atoms with van der Waals surface area (Å²) in [5, 5.41) is 0. The van der Waals surface area contributed by atoms with E-state index in [-0.39, 0.29) is 10.3 Å². The Morgan fingerprint density at radius 3 is 2.78 bits per heavy atom. The minimum absolute atomic E-state index is 0.270. The molecule has 0 saturated carbocycles. The van der Waals surface area contributed by atoms with E-state index >= 15 is 0 Å². The smallest absolute Gasteiger partial charge is 0.160 e. The Kier molecular flexibility index (Phi) is 1.62. The van der Waals surface area contributed by atoms with Gasteiger partial charge in [0.1, 0.15) is 0 Å². The summed E-state index contributed by atoms with van der Waals surface area (Å²) in [6.45, 7) is 1.64. The number of halogens is 1. The maximum absolute atomic E-state index is 12.6. The summed E-state index contributed by atoms with van der Waals surface area (Å²) in [5.41, 5.74) is 0.488. The molecule has 1 nitrogen and oxygen atoms in total. The van der Waals surface area contributed by atoms with Crippen molar-refractivity contribution in [1.29, 1.82) is 0 Å². The Bertz CT molecular complexity index is 266. The first-order valence-electron chi connectivity index (χ1n) is 2.55. The van der Waals surface area contributed by atoms with Crippen molar-refractivity contribution >= 4 is 12.2 Å². The van der Waals surface area contributed by atoms with Crippen LogP contribution < -0.4 is 0 Å². The van der Waals surface area contributed by atoms with Gasteiger partial charge in [-0.05, 0) is 13.0 Å². The summed E-state index contributed by atoms with van der Waals surface area (Å²) >= 11 is 4.65. The second kappa shape index (κ2) is 2.27. The van der Waals surface area contributed by atoms with Gasteiger partial charge in [-0.3, -0.25) is 0 Å². The number of rotatable bonds is 0. The fourth-order valence-corrected chi connectivity index (χ4v) is 0.785. The van der Waals surface area contributed by atoms with Crippen molar-refractivity contribution in [3.8, 4) is 0 Å². The molecule has 1 heterocycles. The minimum atomic E-state index is -0.326. The second-order valence-electron chi connectivity index (χ2n) is 1.78. The topological polar surface area (TPSA) is 15.8 Å². The number of hydrogen-bond donors (Lipinski definition) is 1. The highest BCUT2D eigenvalue weighted by Gasteiger charge is 1.94. The molecule has 0 aliphatic rings. The largest absolute Gasteiger partial charge is 0.363 e. The monoisotopic (exact) mass is 143 g/mol. The van der Waals surface area contributed by atoms with Crippen molar-refractivity contribution in [3.63, 3.8) is 0 Å². The zero-order chi connectivity index (χ0) is 6.85. The van der Waals surface area contributed by atoms with Gasteiger partial charge in [-0.1, -0.05) is 12.2 Å². The van der Waals surface area contributed by atoms with Gasteiger partial charge in [-0.2, -0.15) is 0 Å². The van der Waals surface area contributed by atoms with E-state index in [1.54, 1.807) is 13.1 Å². The SMILES string of the molecule is Cc1[nH]ccc(=S)c1F. The normalized spacial score (nSPS) is 9.56. The molecule has 0 radical (unpaired) electrons. The van der Waals surface area contributed by atoms with Crippen LogP contribution in [0.25, 0.3) is 0 Å². The molecule has 0 fully saturated rings. The number of nitrogens with one attached hydrogen (secondary N) is 1. The Balaban J connectivity index is 3.43. The molecule has 1 N–H and O–H groups in total. The fraction of sp³-hybridized carbons (Fsp3) is 0.167. The van der Waals surface area contributed by atoms with Crippen molar-refractivity contribution < 1.29 is 4.39 Å². The number of aryl methyl sites for hydroxylation is 1. The van der Waals surface area contributed by atoms with E-state index in [2.05, 4.69) is 17.2 Å². The second-order valence-corrected chi connectivity index (χ2v) is 2.22. The molecule has 0 amide bonds. The van der Waals surface area contributed by atoms with Crippen LogP contribution in [-0.2, 0) is 0 Å².